The molecule has 3 atom stereocenters. The van der Waals surface area contributed by atoms with Crippen molar-refractivity contribution in [3.05, 3.63) is 64.7 Å². The molecule has 2 bridgehead atoms. The second kappa shape index (κ2) is 11.7. The van der Waals surface area contributed by atoms with Gasteiger partial charge in [0.15, 0.2) is 0 Å². The number of halogens is 1. The van der Waals surface area contributed by atoms with E-state index < -0.39 is 21.8 Å². The molecule has 3 aliphatic rings. The molecule has 38 heavy (non-hydrogen) atoms. The highest BCUT2D eigenvalue weighted by atomic mass is 35.5. The number of aryl methyl sites for hydroxylation is 1. The first-order chi connectivity index (χ1) is 18.3. The van der Waals surface area contributed by atoms with Crippen LogP contribution in [0.5, 0.6) is 5.75 Å². The summed E-state index contributed by atoms with van der Waals surface area (Å²) in [5, 5.41) is 0.713. The van der Waals surface area contributed by atoms with Crippen LogP contribution in [0.15, 0.2) is 53.4 Å². The van der Waals surface area contributed by atoms with Crippen LogP contribution in [0.4, 0.5) is 5.69 Å². The number of rotatable bonds is 0. The molecule has 2 aliphatic heterocycles. The van der Waals surface area contributed by atoms with Gasteiger partial charge in [-0.15, -0.1) is 0 Å². The molecule has 0 unspecified atom stereocenters. The smallest absolute Gasteiger partial charge is 0.264 e. The van der Waals surface area contributed by atoms with E-state index in [1.165, 1.54) is 11.6 Å². The lowest BCUT2D eigenvalue weighted by Crippen LogP contribution is -2.39. The molecule has 2 heterocycles. The summed E-state index contributed by atoms with van der Waals surface area (Å²) in [5.41, 5.74) is 3.00. The molecule has 7 nitrogen and oxygen atoms in total. The number of sulfonamides is 1. The second-order valence-corrected chi connectivity index (χ2v) is 12.7. The van der Waals surface area contributed by atoms with E-state index >= 15 is 0 Å². The summed E-state index contributed by atoms with van der Waals surface area (Å²) in [4.78, 5) is 15.0. The van der Waals surface area contributed by atoms with Gasteiger partial charge in [0.1, 0.15) is 12.4 Å². The normalized spacial score (nSPS) is 26.8. The maximum atomic E-state index is 13.2. The minimum absolute atomic E-state index is 0.0468. The number of nitrogens with zero attached hydrogens (tertiary/aromatic N) is 1. The lowest BCUT2D eigenvalue weighted by Gasteiger charge is -2.40. The summed E-state index contributed by atoms with van der Waals surface area (Å²) in [7, 11) is -4.07. The molecule has 2 aromatic carbocycles. The predicted molar refractivity (Wildman–Crippen MR) is 148 cm³/mol. The topological polar surface area (TPSA) is 84.9 Å². The highest BCUT2D eigenvalue weighted by Crippen LogP contribution is 2.40. The second-order valence-electron chi connectivity index (χ2n) is 10.6. The van der Waals surface area contributed by atoms with Crippen LogP contribution in [0.25, 0.3) is 0 Å². The fourth-order valence-electron chi connectivity index (χ4n) is 5.35. The van der Waals surface area contributed by atoms with Crippen LogP contribution in [0.1, 0.15) is 43.7 Å². The number of amides is 1. The van der Waals surface area contributed by atoms with Crippen molar-refractivity contribution < 1.29 is 22.7 Å². The Morgan fingerprint density at radius 1 is 1.08 bits per heavy atom. The maximum Gasteiger partial charge on any atom is 0.264 e. The van der Waals surface area contributed by atoms with Crippen LogP contribution in [0.3, 0.4) is 0 Å². The van der Waals surface area contributed by atoms with E-state index in [-0.39, 0.29) is 11.5 Å². The van der Waals surface area contributed by atoms with Crippen molar-refractivity contribution in [2.75, 3.05) is 31.2 Å². The van der Waals surface area contributed by atoms with E-state index in [4.69, 9.17) is 21.1 Å². The third-order valence-corrected chi connectivity index (χ3v) is 9.42. The van der Waals surface area contributed by atoms with Crippen molar-refractivity contribution in [1.29, 1.82) is 0 Å². The fourth-order valence-corrected chi connectivity index (χ4v) is 6.65. The Hall–Kier alpha value is -2.55. The number of fused-ring (bicyclic) bond motifs is 3. The number of hydrogen-bond acceptors (Lipinski definition) is 6. The Labute approximate surface area is 230 Å². The number of ether oxygens (including phenoxy) is 2. The highest BCUT2D eigenvalue weighted by molar-refractivity contribution is 7.90. The zero-order valence-corrected chi connectivity index (χ0v) is 23.3. The number of carbonyl (C=O) groups is 1. The summed E-state index contributed by atoms with van der Waals surface area (Å²) in [6.07, 6.45) is 9.33. The average molecular weight is 559 g/mol. The van der Waals surface area contributed by atoms with Crippen molar-refractivity contribution in [3.8, 4) is 5.75 Å². The molecule has 1 N–H and O–H groups in total. The summed E-state index contributed by atoms with van der Waals surface area (Å²) >= 11 is 6.28. The van der Waals surface area contributed by atoms with Crippen molar-refractivity contribution in [3.63, 3.8) is 0 Å². The molecule has 1 saturated carbocycles. The molecular formula is C29H35ClN2O5S. The first-order valence-electron chi connectivity index (χ1n) is 13.4. The maximum absolute atomic E-state index is 13.2. The Bertz CT molecular complexity index is 1310. The monoisotopic (exact) mass is 558 g/mol. The van der Waals surface area contributed by atoms with Crippen LogP contribution in [0, 0.1) is 17.8 Å². The van der Waals surface area contributed by atoms with Gasteiger partial charge in [0, 0.05) is 18.1 Å². The van der Waals surface area contributed by atoms with Crippen molar-refractivity contribution in [2.45, 2.75) is 50.5 Å². The van der Waals surface area contributed by atoms with Crippen LogP contribution < -0.4 is 14.4 Å². The third-order valence-electron chi connectivity index (χ3n) is 7.84. The van der Waals surface area contributed by atoms with E-state index in [9.17, 15) is 13.2 Å². The van der Waals surface area contributed by atoms with Crippen LogP contribution >= 0.6 is 11.6 Å². The lowest BCUT2D eigenvalue weighted by atomic mass is 9.73. The van der Waals surface area contributed by atoms with Gasteiger partial charge in [0.2, 0.25) is 5.91 Å². The van der Waals surface area contributed by atoms with Crippen molar-refractivity contribution >= 4 is 33.2 Å². The first-order valence-corrected chi connectivity index (χ1v) is 15.3. The van der Waals surface area contributed by atoms with Gasteiger partial charge in [-0.1, -0.05) is 36.7 Å². The number of hydrogen-bond donors (Lipinski definition) is 1. The van der Waals surface area contributed by atoms with Crippen LogP contribution in [-0.2, 0) is 32.6 Å². The van der Waals surface area contributed by atoms with Gasteiger partial charge in [0.25, 0.3) is 10.0 Å². The molecular weight excluding hydrogens is 524 g/mol. The summed E-state index contributed by atoms with van der Waals surface area (Å²) in [6, 6.07) is 10.8. The van der Waals surface area contributed by atoms with Gasteiger partial charge in [-0.25, -0.2) is 13.1 Å². The summed E-state index contributed by atoms with van der Waals surface area (Å²) in [5.74, 6) is 0.365. The molecule has 0 aromatic heterocycles. The largest absolute Gasteiger partial charge is 0.487 e. The van der Waals surface area contributed by atoms with E-state index in [1.54, 1.807) is 19.1 Å². The minimum atomic E-state index is -4.07. The molecule has 5 rings (SSSR count). The van der Waals surface area contributed by atoms with Gasteiger partial charge >= 0.3 is 0 Å². The Morgan fingerprint density at radius 3 is 2.76 bits per heavy atom. The van der Waals surface area contributed by atoms with Gasteiger partial charge in [-0.3, -0.25) is 4.79 Å². The predicted octanol–water partition coefficient (Wildman–Crippen LogP) is 5.12. The minimum Gasteiger partial charge on any atom is -0.487 e. The zero-order chi connectivity index (χ0) is 26.7. The van der Waals surface area contributed by atoms with Gasteiger partial charge < -0.3 is 14.4 Å². The molecule has 204 valence electrons. The standard InChI is InChI=1S/C29H35ClN2O5S/c1-20-18-36-14-4-6-21-7-8-23(21)17-32-13-3-2-5-22-15-25(30)10-9-24(22)19-37-28-12-11-26(16-27(28)32)38(34,35)31-29(20)33/h4,6,9-12,15-16,20-21,23H,2-3,5,7-8,13-14,17-19H2,1H3,(H,31,33)/b6-4+/t20-,21-,23+/m1/s1. The molecule has 1 aliphatic carbocycles. The molecule has 9 heteroatoms. The highest BCUT2D eigenvalue weighted by Gasteiger charge is 2.32. The van der Waals surface area contributed by atoms with E-state index in [1.807, 2.05) is 24.3 Å². The molecule has 2 aromatic rings. The lowest BCUT2D eigenvalue weighted by molar-refractivity contribution is -0.124. The zero-order valence-electron chi connectivity index (χ0n) is 21.7. The Kier molecular flexibility index (Phi) is 8.31. The quantitative estimate of drug-likeness (QED) is 0.452. The molecule has 1 amide bonds. The van der Waals surface area contributed by atoms with E-state index in [0.29, 0.717) is 35.8 Å². The Balaban J connectivity index is 1.53. The van der Waals surface area contributed by atoms with Crippen molar-refractivity contribution in [1.82, 2.24) is 4.72 Å². The first kappa shape index (κ1) is 27.0. The number of carbonyl (C=O) groups excluding carboxylic acids is 1. The molecule has 1 fully saturated rings. The van der Waals surface area contributed by atoms with E-state index in [2.05, 4.69) is 15.7 Å². The SMILES string of the molecule is C[C@@H]1COC/C=C/[C@@H]2CC[C@H]2CN2CCCCc3cc(Cl)ccc3COc3ccc(cc32)S(=O)(=O)NC1=O. The summed E-state index contributed by atoms with van der Waals surface area (Å²) in [6.45, 7) is 4.16. The number of anilines is 1. The fraction of sp³-hybridized carbons (Fsp3) is 0.483. The molecule has 0 spiro atoms. The number of benzene rings is 2. The summed E-state index contributed by atoms with van der Waals surface area (Å²) < 4.78 is 40.7. The third kappa shape index (κ3) is 6.19. The van der Waals surface area contributed by atoms with Crippen LogP contribution in [-0.4, -0.2) is 40.6 Å². The van der Waals surface area contributed by atoms with E-state index in [0.717, 1.165) is 56.4 Å². The number of allylic oxidation sites excluding steroid dienone is 1. The van der Waals surface area contributed by atoms with Crippen molar-refractivity contribution in [2.24, 2.45) is 17.8 Å². The average Bonchev–Trinajstić information content (AvgIpc) is 2.90. The van der Waals surface area contributed by atoms with Gasteiger partial charge in [0.05, 0.1) is 29.7 Å². The van der Waals surface area contributed by atoms with Gasteiger partial charge in [-0.2, -0.15) is 0 Å². The number of nitrogens with one attached hydrogen (secondary N) is 1. The molecule has 0 radical (unpaired) electrons. The van der Waals surface area contributed by atoms with Gasteiger partial charge in [-0.05, 0) is 85.4 Å². The Morgan fingerprint density at radius 2 is 1.95 bits per heavy atom. The van der Waals surface area contributed by atoms with Crippen LogP contribution in [0.2, 0.25) is 5.02 Å². The molecule has 0 saturated heterocycles.